The summed E-state index contributed by atoms with van der Waals surface area (Å²) < 4.78 is 4.60. The average molecular weight is 255 g/mol. The number of hydrogen-bond donors (Lipinski definition) is 3. The monoisotopic (exact) mass is 255 g/mol. The molecule has 98 valence electrons. The number of nitrogens with one attached hydrogen (secondary N) is 1. The van der Waals surface area contributed by atoms with Gasteiger partial charge in [0.1, 0.15) is 18.0 Å². The molecule has 2 heterocycles. The summed E-state index contributed by atoms with van der Waals surface area (Å²) >= 11 is 0. The smallest absolute Gasteiger partial charge is 0.326 e. The fraction of sp³-hybridized carbons (Fsp3) is 0.500. The molecular formula is C10H13N3O5. The molecule has 0 saturated carbocycles. The lowest BCUT2D eigenvalue weighted by Gasteiger charge is -2.21. The number of urea groups is 1. The van der Waals surface area contributed by atoms with E-state index in [0.29, 0.717) is 5.69 Å². The summed E-state index contributed by atoms with van der Waals surface area (Å²) in [6.07, 6.45) is 0.623. The van der Waals surface area contributed by atoms with Crippen LogP contribution in [0.15, 0.2) is 16.9 Å². The minimum absolute atomic E-state index is 0.0155. The lowest BCUT2D eigenvalue weighted by Crippen LogP contribution is -2.46. The van der Waals surface area contributed by atoms with Crippen molar-refractivity contribution in [3.63, 3.8) is 0 Å². The molecule has 0 aliphatic carbocycles. The second-order valence-corrected chi connectivity index (χ2v) is 4.05. The molecule has 18 heavy (non-hydrogen) atoms. The molecule has 2 atom stereocenters. The Balaban J connectivity index is 1.93. The number of rotatable bonds is 3. The molecule has 2 rings (SSSR count). The number of carboxylic acid groups (broad SMARTS) is 1. The van der Waals surface area contributed by atoms with Crippen molar-refractivity contribution >= 4 is 12.0 Å². The largest absolute Gasteiger partial charge is 0.480 e. The number of likely N-dealkylation sites (tertiary alicyclic amines) is 1. The third-order valence-corrected chi connectivity index (χ3v) is 2.74. The number of carbonyl (C=O) groups excluding carboxylic acids is 1. The number of carbonyl (C=O) groups is 2. The van der Waals surface area contributed by atoms with E-state index in [1.807, 2.05) is 0 Å². The zero-order valence-corrected chi connectivity index (χ0v) is 9.44. The summed E-state index contributed by atoms with van der Waals surface area (Å²) in [5, 5.41) is 24.5. The van der Waals surface area contributed by atoms with E-state index >= 15 is 0 Å². The van der Waals surface area contributed by atoms with Crippen molar-refractivity contribution in [1.82, 2.24) is 15.4 Å². The molecule has 1 saturated heterocycles. The van der Waals surface area contributed by atoms with Gasteiger partial charge in [0, 0.05) is 19.0 Å². The van der Waals surface area contributed by atoms with Crippen LogP contribution in [-0.4, -0.2) is 51.0 Å². The molecule has 2 amide bonds. The van der Waals surface area contributed by atoms with Gasteiger partial charge in [0.05, 0.1) is 12.6 Å². The number of carboxylic acids is 1. The van der Waals surface area contributed by atoms with E-state index in [2.05, 4.69) is 15.0 Å². The Morgan fingerprint density at radius 2 is 2.39 bits per heavy atom. The summed E-state index contributed by atoms with van der Waals surface area (Å²) in [7, 11) is 0. The van der Waals surface area contributed by atoms with E-state index in [0.717, 1.165) is 4.90 Å². The number of hydrogen-bond acceptors (Lipinski definition) is 5. The lowest BCUT2D eigenvalue weighted by atomic mass is 10.2. The fourth-order valence-electron chi connectivity index (χ4n) is 1.87. The molecule has 1 unspecified atom stereocenters. The third kappa shape index (κ3) is 2.59. The highest BCUT2D eigenvalue weighted by Crippen LogP contribution is 2.18. The van der Waals surface area contributed by atoms with Gasteiger partial charge < -0.3 is 25.0 Å². The highest BCUT2D eigenvalue weighted by molar-refractivity contribution is 5.83. The topological polar surface area (TPSA) is 116 Å². The van der Waals surface area contributed by atoms with Crippen molar-refractivity contribution in [2.75, 3.05) is 6.54 Å². The van der Waals surface area contributed by atoms with Gasteiger partial charge in [-0.2, -0.15) is 0 Å². The van der Waals surface area contributed by atoms with Crippen LogP contribution in [0.4, 0.5) is 4.79 Å². The molecule has 1 aromatic heterocycles. The van der Waals surface area contributed by atoms with E-state index in [-0.39, 0.29) is 19.5 Å². The molecule has 0 spiro atoms. The zero-order chi connectivity index (χ0) is 13.1. The van der Waals surface area contributed by atoms with Crippen LogP contribution in [0, 0.1) is 0 Å². The van der Waals surface area contributed by atoms with Gasteiger partial charge in [-0.15, -0.1) is 0 Å². The van der Waals surface area contributed by atoms with Gasteiger partial charge >= 0.3 is 12.0 Å². The second-order valence-electron chi connectivity index (χ2n) is 4.05. The molecule has 1 aromatic rings. The maximum atomic E-state index is 11.8. The van der Waals surface area contributed by atoms with Crippen molar-refractivity contribution in [2.45, 2.75) is 25.1 Å². The highest BCUT2D eigenvalue weighted by Gasteiger charge is 2.38. The number of nitrogens with zero attached hydrogens (tertiary/aromatic N) is 2. The first kappa shape index (κ1) is 12.4. The number of amides is 2. The lowest BCUT2D eigenvalue weighted by molar-refractivity contribution is -0.141. The van der Waals surface area contributed by atoms with Gasteiger partial charge in [-0.25, -0.2) is 9.59 Å². The first-order valence-corrected chi connectivity index (χ1v) is 5.42. The first-order chi connectivity index (χ1) is 8.58. The Bertz CT molecular complexity index is 433. The summed E-state index contributed by atoms with van der Waals surface area (Å²) in [6, 6.07) is 0.0626. The number of aliphatic hydroxyl groups is 1. The number of β-amino-alcohol motifs (C(OH)–C–C–N with tert-alkyl or cyclic N) is 1. The van der Waals surface area contributed by atoms with Crippen LogP contribution in [0.2, 0.25) is 0 Å². The van der Waals surface area contributed by atoms with Crippen LogP contribution >= 0.6 is 0 Å². The summed E-state index contributed by atoms with van der Waals surface area (Å²) in [5.74, 6) is -1.12. The molecule has 8 nitrogen and oxygen atoms in total. The quantitative estimate of drug-likeness (QED) is 0.664. The predicted molar refractivity (Wildman–Crippen MR) is 57.5 cm³/mol. The fourth-order valence-corrected chi connectivity index (χ4v) is 1.87. The van der Waals surface area contributed by atoms with Gasteiger partial charge in [-0.05, 0) is 0 Å². The Hall–Kier alpha value is -2.09. The number of aliphatic hydroxyl groups excluding tert-OH is 1. The maximum Gasteiger partial charge on any atom is 0.326 e. The van der Waals surface area contributed by atoms with Crippen LogP contribution in [0.5, 0.6) is 0 Å². The van der Waals surface area contributed by atoms with E-state index in [4.69, 9.17) is 5.11 Å². The summed E-state index contributed by atoms with van der Waals surface area (Å²) in [6.45, 7) is 0.163. The Morgan fingerprint density at radius 3 is 3.00 bits per heavy atom. The average Bonchev–Trinajstić information content (AvgIpc) is 2.94. The maximum absolute atomic E-state index is 11.8. The van der Waals surface area contributed by atoms with E-state index < -0.39 is 24.1 Å². The van der Waals surface area contributed by atoms with Gasteiger partial charge in [0.2, 0.25) is 0 Å². The summed E-state index contributed by atoms with van der Waals surface area (Å²) in [4.78, 5) is 23.8. The van der Waals surface area contributed by atoms with Crippen molar-refractivity contribution in [3.05, 3.63) is 18.0 Å². The van der Waals surface area contributed by atoms with Crippen LogP contribution in [0.1, 0.15) is 12.1 Å². The number of aliphatic carboxylic acids is 1. The molecular weight excluding hydrogens is 242 g/mol. The summed E-state index contributed by atoms with van der Waals surface area (Å²) in [5.41, 5.74) is 0.537. The minimum atomic E-state index is -1.12. The Morgan fingerprint density at radius 1 is 1.61 bits per heavy atom. The van der Waals surface area contributed by atoms with E-state index in [1.165, 1.54) is 6.26 Å². The van der Waals surface area contributed by atoms with Crippen molar-refractivity contribution in [1.29, 1.82) is 0 Å². The highest BCUT2D eigenvalue weighted by atomic mass is 16.5. The van der Waals surface area contributed by atoms with Crippen LogP contribution in [0.25, 0.3) is 0 Å². The molecule has 0 radical (unpaired) electrons. The van der Waals surface area contributed by atoms with Gasteiger partial charge in [0.25, 0.3) is 0 Å². The van der Waals surface area contributed by atoms with Crippen molar-refractivity contribution in [2.24, 2.45) is 0 Å². The SMILES string of the molecule is O=C(O)[C@@H]1CC(O)CN1C(=O)NCc1ccon1. The van der Waals surface area contributed by atoms with Crippen LogP contribution in [0.3, 0.4) is 0 Å². The molecule has 1 aliphatic heterocycles. The van der Waals surface area contributed by atoms with Gasteiger partial charge in [0.15, 0.2) is 0 Å². The standard InChI is InChI=1S/C10H13N3O5/c14-7-3-8(9(15)16)13(5-7)10(17)11-4-6-1-2-18-12-6/h1-2,7-8,14H,3-5H2,(H,11,17)(H,15,16)/t7?,8-/m0/s1. The predicted octanol–water partition coefficient (Wildman–Crippen LogP) is -0.596. The normalized spacial score (nSPS) is 23.1. The molecule has 8 heteroatoms. The number of aromatic nitrogens is 1. The Kier molecular flexibility index (Phi) is 3.47. The van der Waals surface area contributed by atoms with E-state index in [9.17, 15) is 14.7 Å². The first-order valence-electron chi connectivity index (χ1n) is 5.42. The van der Waals surface area contributed by atoms with Crippen LogP contribution in [-0.2, 0) is 11.3 Å². The molecule has 0 bridgehead atoms. The molecule has 1 aliphatic rings. The van der Waals surface area contributed by atoms with Crippen molar-refractivity contribution < 1.29 is 24.3 Å². The molecule has 0 aromatic carbocycles. The van der Waals surface area contributed by atoms with Gasteiger partial charge in [-0.3, -0.25) is 0 Å². The Labute approximate surface area is 102 Å². The second kappa shape index (κ2) is 5.05. The molecule has 1 fully saturated rings. The third-order valence-electron chi connectivity index (χ3n) is 2.74. The van der Waals surface area contributed by atoms with Crippen molar-refractivity contribution in [3.8, 4) is 0 Å². The minimum Gasteiger partial charge on any atom is -0.480 e. The van der Waals surface area contributed by atoms with Gasteiger partial charge in [-0.1, -0.05) is 5.16 Å². The van der Waals surface area contributed by atoms with Crippen LogP contribution < -0.4 is 5.32 Å². The molecule has 3 N–H and O–H groups in total. The zero-order valence-electron chi connectivity index (χ0n) is 9.44. The van der Waals surface area contributed by atoms with E-state index in [1.54, 1.807) is 6.07 Å².